The molecule has 0 bridgehead atoms. The van der Waals surface area contributed by atoms with Gasteiger partial charge in [0.2, 0.25) is 22.1 Å². The van der Waals surface area contributed by atoms with Gasteiger partial charge >= 0.3 is 16.1 Å². The van der Waals surface area contributed by atoms with E-state index in [0.717, 1.165) is 11.8 Å². The van der Waals surface area contributed by atoms with Crippen molar-refractivity contribution in [1.29, 1.82) is 0 Å². The summed E-state index contributed by atoms with van der Waals surface area (Å²) in [7, 11) is -10.8. The summed E-state index contributed by atoms with van der Waals surface area (Å²) in [6.07, 6.45) is 2.12. The molecule has 25 heteroatoms. The minimum Gasteiger partial charge on any atom is -0.744 e. The Morgan fingerprint density at radius 3 is 2.32 bits per heavy atom. The lowest BCUT2D eigenvalue weighted by atomic mass is 9.79. The van der Waals surface area contributed by atoms with Gasteiger partial charge in [-0.05, 0) is 81.3 Å². The minimum atomic E-state index is -5.54. The number of anilines is 2. The number of aromatic nitrogens is 1. The Kier molecular flexibility index (Phi) is 13.9. The minimum absolute atomic E-state index is 0.0293. The van der Waals surface area contributed by atoms with E-state index in [0.29, 0.717) is 35.3 Å². The second-order valence-corrected chi connectivity index (χ2v) is 22.7. The summed E-state index contributed by atoms with van der Waals surface area (Å²) < 4.78 is 85.4. The van der Waals surface area contributed by atoms with Crippen molar-refractivity contribution >= 4 is 102 Å². The number of carbonyl (C=O) groups excluding carboxylic acids is 2. The Labute approximate surface area is 409 Å². The number of nitrogens with one attached hydrogen (secondary N) is 4. The van der Waals surface area contributed by atoms with E-state index in [1.165, 1.54) is 18.3 Å². The number of carboxylic acids is 1. The van der Waals surface area contributed by atoms with Crippen molar-refractivity contribution in [3.05, 3.63) is 100 Å². The average molecular weight is 1050 g/mol. The van der Waals surface area contributed by atoms with Crippen LogP contribution in [0.2, 0.25) is 15.1 Å². The number of fused-ring (bicyclic) bond motifs is 4. The van der Waals surface area contributed by atoms with Crippen LogP contribution in [-0.4, -0.2) is 77.2 Å². The molecule has 0 radical (unpaired) electrons. The van der Waals surface area contributed by atoms with E-state index in [-0.39, 0.29) is 56.8 Å². The van der Waals surface area contributed by atoms with Crippen LogP contribution >= 0.6 is 46.6 Å². The maximum absolute atomic E-state index is 13.7. The van der Waals surface area contributed by atoms with Crippen LogP contribution in [0, 0.1) is 0 Å². The number of hydrogen-bond donors (Lipinski definition) is 6. The SMILES string of the molecule is CC1CC(C)(C)Nc2c1cc1c(c2S(=O)(=O)[O-])Oc2c(S(=O)(=O)O)c3c(cc2=C1c1c(Cl)c(SCC(=O)NCCC(=O)Nc2ccc(CN=[N+]=[N-])nc2)c(Cl)c(Cl)c1C(=O)O)C(C)CC(C)(C)[NH+]=3. The van der Waals surface area contributed by atoms with Crippen LogP contribution < -0.4 is 36.3 Å². The zero-order chi connectivity index (χ0) is 50.0. The summed E-state index contributed by atoms with van der Waals surface area (Å²) in [4.78, 5) is 47.4. The fraction of sp³-hybridized carbons (Fsp3) is 0.372. The number of ether oxygens (including phenoxy) is 1. The number of rotatable bonds is 13. The van der Waals surface area contributed by atoms with Gasteiger partial charge in [0.15, 0.2) is 17.0 Å². The first-order valence-corrected chi connectivity index (χ1v) is 25.7. The molecule has 19 nitrogen and oxygen atoms in total. The first kappa shape index (κ1) is 50.7. The summed E-state index contributed by atoms with van der Waals surface area (Å²) in [5.41, 5.74) is 6.91. The predicted molar refractivity (Wildman–Crippen MR) is 252 cm³/mol. The number of halogens is 3. The first-order chi connectivity index (χ1) is 31.6. The van der Waals surface area contributed by atoms with Gasteiger partial charge in [-0.1, -0.05) is 53.8 Å². The normalized spacial score (nSPS) is 17.7. The summed E-state index contributed by atoms with van der Waals surface area (Å²) >= 11 is 21.6. The summed E-state index contributed by atoms with van der Waals surface area (Å²) in [6.45, 7) is 10.7. The molecule has 68 heavy (non-hydrogen) atoms. The van der Waals surface area contributed by atoms with Crippen molar-refractivity contribution in [3.63, 3.8) is 0 Å². The molecule has 4 aromatic rings. The van der Waals surface area contributed by atoms with Crippen LogP contribution in [-0.2, 0) is 36.4 Å². The van der Waals surface area contributed by atoms with E-state index in [1.54, 1.807) is 39.8 Å². The van der Waals surface area contributed by atoms with Crippen molar-refractivity contribution in [1.82, 2.24) is 10.3 Å². The van der Waals surface area contributed by atoms with E-state index < -0.39 is 109 Å². The van der Waals surface area contributed by atoms with Crippen LogP contribution in [0.4, 0.5) is 11.4 Å². The number of aromatic carboxylic acids is 1. The number of thioether (sulfide) groups is 1. The molecule has 0 saturated heterocycles. The Morgan fingerprint density at radius 2 is 1.71 bits per heavy atom. The van der Waals surface area contributed by atoms with Gasteiger partial charge in [-0.25, -0.2) is 18.2 Å². The van der Waals surface area contributed by atoms with Crippen molar-refractivity contribution in [3.8, 4) is 11.5 Å². The second-order valence-electron chi connectivity index (χ2n) is 17.9. The molecular formula is C43H43Cl3N8O11S3. The molecule has 3 aromatic carbocycles. The monoisotopic (exact) mass is 1050 g/mol. The number of nitrogens with zero attached hydrogens (tertiary/aromatic N) is 4. The zero-order valence-corrected chi connectivity index (χ0v) is 41.7. The van der Waals surface area contributed by atoms with E-state index >= 15 is 0 Å². The number of hydrogen-bond acceptors (Lipinski definition) is 13. The van der Waals surface area contributed by atoms with Gasteiger partial charge in [0.1, 0.15) is 15.0 Å². The fourth-order valence-electron chi connectivity index (χ4n) is 9.09. The quantitative estimate of drug-likeness (QED) is 0.0198. The van der Waals surface area contributed by atoms with Gasteiger partial charge in [-0.3, -0.25) is 19.1 Å². The molecule has 4 heterocycles. The van der Waals surface area contributed by atoms with E-state index in [2.05, 4.69) is 36.0 Å². The number of azide groups is 1. The van der Waals surface area contributed by atoms with Gasteiger partial charge < -0.3 is 30.3 Å². The highest BCUT2D eigenvalue weighted by Crippen LogP contribution is 2.54. The molecule has 2 unspecified atom stereocenters. The molecule has 2 amide bonds. The second kappa shape index (κ2) is 18.6. The largest absolute Gasteiger partial charge is 0.744 e. The predicted octanol–water partition coefficient (Wildman–Crippen LogP) is 5.97. The standard InChI is InChI=1S/C43H43Cl3N8O11S3/c1-18-13-42(3,4)52-34-22(18)11-24-28(25-12-23-19(2)14-43(5,6)53-35(23)40(68(62,63)64)37(25)65-36(24)39(34)67(59,60)61)29-30(41(57)58)31(44)33(46)38(32(29)45)66-17-27(56)48-10-9-26(55)51-21-8-7-20(49-15-21)16-50-54-47/h7-8,11-12,15,18-19,52H,9-10,13-14,16-17H2,1-6H3,(H,48,56)(H,51,55)(H,57,58)(H,59,60,61)(H,62,63,64). The van der Waals surface area contributed by atoms with Crippen molar-refractivity contribution in [2.24, 2.45) is 5.11 Å². The highest BCUT2D eigenvalue weighted by Gasteiger charge is 2.43. The average Bonchev–Trinajstić information content (AvgIpc) is 3.21. The maximum atomic E-state index is 13.7. The van der Waals surface area contributed by atoms with Gasteiger partial charge in [0.05, 0.1) is 50.5 Å². The van der Waals surface area contributed by atoms with Crippen LogP contribution in [0.5, 0.6) is 11.5 Å². The molecule has 6 N–H and O–H groups in total. The molecule has 0 fully saturated rings. The van der Waals surface area contributed by atoms with E-state index in [1.807, 2.05) is 13.8 Å². The number of benzene rings is 3. The lowest BCUT2D eigenvalue weighted by Crippen LogP contribution is -2.91. The number of amides is 2. The molecular weight excluding hydrogens is 1010 g/mol. The van der Waals surface area contributed by atoms with Gasteiger partial charge in [0.25, 0.3) is 0 Å². The van der Waals surface area contributed by atoms with Crippen LogP contribution in [0.1, 0.15) is 111 Å². The van der Waals surface area contributed by atoms with Gasteiger partial charge in [-0.15, -0.1) is 11.8 Å². The van der Waals surface area contributed by atoms with Crippen LogP contribution in [0.15, 0.2) is 50.3 Å². The third-order valence-electron chi connectivity index (χ3n) is 11.6. The molecule has 3 aliphatic heterocycles. The number of carboxylic acid groups (broad SMARTS) is 1. The Hall–Kier alpha value is -5.16. The first-order valence-electron chi connectivity index (χ1n) is 20.7. The molecule has 0 saturated carbocycles. The van der Waals surface area contributed by atoms with Crippen LogP contribution in [0.25, 0.3) is 16.0 Å². The molecule has 7 rings (SSSR count). The smallest absolute Gasteiger partial charge is 0.337 e. The third kappa shape index (κ3) is 9.97. The van der Waals surface area contributed by atoms with E-state index in [4.69, 9.17) is 45.1 Å². The maximum Gasteiger partial charge on any atom is 0.337 e. The summed E-state index contributed by atoms with van der Waals surface area (Å²) in [5, 5.41) is 21.1. The lowest BCUT2D eigenvalue weighted by Gasteiger charge is -2.40. The zero-order valence-electron chi connectivity index (χ0n) is 37.0. The Morgan fingerprint density at radius 1 is 1.01 bits per heavy atom. The number of pyridine rings is 1. The van der Waals surface area contributed by atoms with Gasteiger partial charge in [-0.2, -0.15) is 8.42 Å². The summed E-state index contributed by atoms with van der Waals surface area (Å²) in [6, 6.07) is 6.18. The van der Waals surface area contributed by atoms with Crippen molar-refractivity contribution in [2.45, 2.75) is 105 Å². The Bertz CT molecular complexity index is 3270. The number of carbonyl (C=O) groups is 3. The Balaban J connectivity index is 1.41. The lowest BCUT2D eigenvalue weighted by molar-refractivity contribution is -0.590. The fourth-order valence-corrected chi connectivity index (χ4v) is 12.7. The molecule has 360 valence electrons. The van der Waals surface area contributed by atoms with Gasteiger partial charge in [0, 0.05) is 67.9 Å². The summed E-state index contributed by atoms with van der Waals surface area (Å²) in [5.74, 6) is -5.29. The molecule has 2 atom stereocenters. The molecule has 1 aromatic heterocycles. The van der Waals surface area contributed by atoms with Crippen molar-refractivity contribution < 1.29 is 55.2 Å². The highest BCUT2D eigenvalue weighted by atomic mass is 35.5. The molecule has 0 spiro atoms. The van der Waals surface area contributed by atoms with Crippen LogP contribution in [0.3, 0.4) is 0 Å². The van der Waals surface area contributed by atoms with E-state index in [9.17, 15) is 45.4 Å². The highest BCUT2D eigenvalue weighted by molar-refractivity contribution is 8.00. The molecule has 0 aliphatic carbocycles. The van der Waals surface area contributed by atoms with Crippen molar-refractivity contribution in [2.75, 3.05) is 22.9 Å². The third-order valence-corrected chi connectivity index (χ3v) is 15.9. The topological polar surface area (TPSA) is 304 Å². The molecule has 3 aliphatic rings.